The molecule has 2 aromatic rings. The zero-order chi connectivity index (χ0) is 16.2. The summed E-state index contributed by atoms with van der Waals surface area (Å²) >= 11 is 0. The van der Waals surface area contributed by atoms with Gasteiger partial charge in [0.25, 0.3) is 0 Å². The molecule has 0 aliphatic carbocycles. The summed E-state index contributed by atoms with van der Waals surface area (Å²) in [4.78, 5) is 13.5. The van der Waals surface area contributed by atoms with Gasteiger partial charge in [0.05, 0.1) is 0 Å². The SMILES string of the molecule is CC(C)c1noc(NCc2ccc(N3CCN(C)CC3)nc2)n1. The predicted octanol–water partition coefficient (Wildman–Crippen LogP) is 1.95. The molecule has 0 saturated carbocycles. The van der Waals surface area contributed by atoms with Gasteiger partial charge in [0.15, 0.2) is 5.82 Å². The van der Waals surface area contributed by atoms with Crippen molar-refractivity contribution >= 4 is 11.8 Å². The largest absolute Gasteiger partial charge is 0.354 e. The van der Waals surface area contributed by atoms with Crippen molar-refractivity contribution in [3.05, 3.63) is 29.7 Å². The first kappa shape index (κ1) is 15.7. The van der Waals surface area contributed by atoms with E-state index in [1.807, 2.05) is 20.0 Å². The zero-order valence-corrected chi connectivity index (χ0v) is 14.0. The number of nitrogens with zero attached hydrogens (tertiary/aromatic N) is 5. The molecule has 7 heteroatoms. The fourth-order valence-electron chi connectivity index (χ4n) is 2.46. The van der Waals surface area contributed by atoms with Crippen LogP contribution in [0.1, 0.15) is 31.2 Å². The van der Waals surface area contributed by atoms with E-state index in [1.54, 1.807) is 0 Å². The highest BCUT2D eigenvalue weighted by molar-refractivity contribution is 5.40. The van der Waals surface area contributed by atoms with Crippen molar-refractivity contribution in [3.63, 3.8) is 0 Å². The Labute approximate surface area is 136 Å². The summed E-state index contributed by atoms with van der Waals surface area (Å²) in [5, 5.41) is 7.07. The van der Waals surface area contributed by atoms with E-state index in [9.17, 15) is 0 Å². The lowest BCUT2D eigenvalue weighted by Gasteiger charge is -2.33. The molecule has 0 aromatic carbocycles. The third-order valence-corrected chi connectivity index (χ3v) is 4.04. The summed E-state index contributed by atoms with van der Waals surface area (Å²) in [6.07, 6.45) is 1.90. The maximum absolute atomic E-state index is 5.17. The average molecular weight is 316 g/mol. The Morgan fingerprint density at radius 2 is 2.00 bits per heavy atom. The highest BCUT2D eigenvalue weighted by Gasteiger charge is 2.15. The van der Waals surface area contributed by atoms with Crippen LogP contribution in [0, 0.1) is 0 Å². The molecule has 0 spiro atoms. The van der Waals surface area contributed by atoms with E-state index in [2.05, 4.69) is 49.4 Å². The lowest BCUT2D eigenvalue weighted by atomic mass is 10.2. The van der Waals surface area contributed by atoms with Crippen molar-refractivity contribution in [3.8, 4) is 0 Å². The molecule has 1 fully saturated rings. The molecule has 0 bridgehead atoms. The van der Waals surface area contributed by atoms with Crippen LogP contribution in [0.25, 0.3) is 0 Å². The smallest absolute Gasteiger partial charge is 0.321 e. The minimum Gasteiger partial charge on any atom is -0.354 e. The monoisotopic (exact) mass is 316 g/mol. The van der Waals surface area contributed by atoms with Gasteiger partial charge in [0, 0.05) is 44.8 Å². The van der Waals surface area contributed by atoms with Crippen molar-refractivity contribution < 1.29 is 4.52 Å². The van der Waals surface area contributed by atoms with E-state index in [0.717, 1.165) is 43.4 Å². The number of piperazine rings is 1. The highest BCUT2D eigenvalue weighted by atomic mass is 16.5. The van der Waals surface area contributed by atoms with Crippen molar-refractivity contribution in [1.29, 1.82) is 0 Å². The summed E-state index contributed by atoms with van der Waals surface area (Å²) in [7, 11) is 2.15. The van der Waals surface area contributed by atoms with Crippen LogP contribution in [-0.4, -0.2) is 53.3 Å². The molecule has 0 amide bonds. The van der Waals surface area contributed by atoms with Gasteiger partial charge >= 0.3 is 6.01 Å². The normalized spacial score (nSPS) is 16.1. The van der Waals surface area contributed by atoms with E-state index < -0.39 is 0 Å². The van der Waals surface area contributed by atoms with Gasteiger partial charge in [-0.1, -0.05) is 25.1 Å². The number of aromatic nitrogens is 3. The summed E-state index contributed by atoms with van der Waals surface area (Å²) < 4.78 is 5.17. The maximum atomic E-state index is 5.17. The second-order valence-corrected chi connectivity index (χ2v) is 6.28. The molecule has 3 rings (SSSR count). The van der Waals surface area contributed by atoms with Gasteiger partial charge in [0.1, 0.15) is 5.82 Å². The molecule has 0 unspecified atom stereocenters. The summed E-state index contributed by atoms with van der Waals surface area (Å²) in [5.41, 5.74) is 1.09. The van der Waals surface area contributed by atoms with E-state index in [1.165, 1.54) is 0 Å². The lowest BCUT2D eigenvalue weighted by Crippen LogP contribution is -2.44. The molecule has 23 heavy (non-hydrogen) atoms. The van der Waals surface area contributed by atoms with Crippen molar-refractivity contribution in [2.75, 3.05) is 43.4 Å². The molecule has 1 saturated heterocycles. The molecule has 7 nitrogen and oxygen atoms in total. The van der Waals surface area contributed by atoms with E-state index in [-0.39, 0.29) is 5.92 Å². The van der Waals surface area contributed by atoms with Crippen molar-refractivity contribution in [1.82, 2.24) is 20.0 Å². The predicted molar refractivity (Wildman–Crippen MR) is 89.7 cm³/mol. The lowest BCUT2D eigenvalue weighted by molar-refractivity contribution is 0.312. The average Bonchev–Trinajstić information content (AvgIpc) is 3.04. The number of rotatable bonds is 5. The Balaban J connectivity index is 1.54. The quantitative estimate of drug-likeness (QED) is 0.904. The number of anilines is 2. The van der Waals surface area contributed by atoms with E-state index >= 15 is 0 Å². The first-order valence-corrected chi connectivity index (χ1v) is 8.07. The van der Waals surface area contributed by atoms with Gasteiger partial charge in [-0.15, -0.1) is 0 Å². The number of hydrogen-bond donors (Lipinski definition) is 1. The Bertz CT molecular complexity index is 616. The number of hydrogen-bond acceptors (Lipinski definition) is 7. The number of nitrogens with one attached hydrogen (secondary N) is 1. The van der Waals surface area contributed by atoms with Gasteiger partial charge in [-0.3, -0.25) is 0 Å². The van der Waals surface area contributed by atoms with Crippen LogP contribution < -0.4 is 10.2 Å². The Hall–Kier alpha value is -2.15. The van der Waals surface area contributed by atoms with Crippen molar-refractivity contribution in [2.45, 2.75) is 26.3 Å². The van der Waals surface area contributed by atoms with Crippen LogP contribution in [0.4, 0.5) is 11.8 Å². The molecule has 2 aromatic heterocycles. The fourth-order valence-corrected chi connectivity index (χ4v) is 2.46. The molecular weight excluding hydrogens is 292 g/mol. The Morgan fingerprint density at radius 1 is 1.22 bits per heavy atom. The van der Waals surface area contributed by atoms with E-state index in [0.29, 0.717) is 12.6 Å². The second-order valence-electron chi connectivity index (χ2n) is 6.28. The molecule has 1 aliphatic heterocycles. The van der Waals surface area contributed by atoms with Gasteiger partial charge in [0.2, 0.25) is 0 Å². The number of pyridine rings is 1. The molecule has 1 N–H and O–H groups in total. The van der Waals surface area contributed by atoms with Gasteiger partial charge in [-0.2, -0.15) is 4.98 Å². The van der Waals surface area contributed by atoms with Crippen LogP contribution in [0.5, 0.6) is 0 Å². The maximum Gasteiger partial charge on any atom is 0.321 e. The molecule has 124 valence electrons. The second kappa shape index (κ2) is 6.95. The third kappa shape index (κ3) is 3.98. The topological polar surface area (TPSA) is 70.3 Å². The summed E-state index contributed by atoms with van der Waals surface area (Å²) in [5.74, 6) is 2.02. The van der Waals surface area contributed by atoms with Gasteiger partial charge < -0.3 is 19.6 Å². The van der Waals surface area contributed by atoms with E-state index in [4.69, 9.17) is 4.52 Å². The molecular formula is C16H24N6O. The first-order valence-electron chi connectivity index (χ1n) is 8.07. The van der Waals surface area contributed by atoms with Crippen LogP contribution in [0.2, 0.25) is 0 Å². The Kier molecular flexibility index (Phi) is 4.76. The zero-order valence-electron chi connectivity index (χ0n) is 14.0. The summed E-state index contributed by atoms with van der Waals surface area (Å²) in [6.45, 7) is 8.92. The van der Waals surface area contributed by atoms with Gasteiger partial charge in [-0.05, 0) is 18.7 Å². The minimum atomic E-state index is 0.263. The standard InChI is InChI=1S/C16H24N6O/c1-12(2)15-19-16(23-20-15)18-11-13-4-5-14(17-10-13)22-8-6-21(3)7-9-22/h4-5,10,12H,6-9,11H2,1-3H3,(H,18,19,20). The fraction of sp³-hybridized carbons (Fsp3) is 0.562. The third-order valence-electron chi connectivity index (χ3n) is 4.04. The first-order chi connectivity index (χ1) is 11.1. The molecule has 0 atom stereocenters. The molecule has 0 radical (unpaired) electrons. The number of likely N-dealkylation sites (N-methyl/N-ethyl adjacent to an activating group) is 1. The summed E-state index contributed by atoms with van der Waals surface area (Å²) in [6, 6.07) is 4.63. The van der Waals surface area contributed by atoms with Crippen LogP contribution >= 0.6 is 0 Å². The van der Waals surface area contributed by atoms with Crippen LogP contribution in [0.3, 0.4) is 0 Å². The van der Waals surface area contributed by atoms with Crippen LogP contribution in [0.15, 0.2) is 22.9 Å². The Morgan fingerprint density at radius 3 is 2.61 bits per heavy atom. The highest BCUT2D eigenvalue weighted by Crippen LogP contribution is 2.15. The van der Waals surface area contributed by atoms with Crippen LogP contribution in [-0.2, 0) is 6.54 Å². The van der Waals surface area contributed by atoms with Gasteiger partial charge in [-0.25, -0.2) is 4.98 Å². The van der Waals surface area contributed by atoms with Crippen molar-refractivity contribution in [2.24, 2.45) is 0 Å². The molecule has 3 heterocycles. The minimum absolute atomic E-state index is 0.263. The molecule has 1 aliphatic rings.